The van der Waals surface area contributed by atoms with E-state index in [0.29, 0.717) is 47.1 Å². The van der Waals surface area contributed by atoms with Gasteiger partial charge in [-0.25, -0.2) is 4.79 Å². The average Bonchev–Trinajstić information content (AvgIpc) is 2.80. The molecule has 1 saturated carbocycles. The Morgan fingerprint density at radius 2 is 1.76 bits per heavy atom. The number of esters is 1. The van der Waals surface area contributed by atoms with Gasteiger partial charge in [-0.3, -0.25) is 9.79 Å². The van der Waals surface area contributed by atoms with Crippen LogP contribution in [-0.2, 0) is 14.3 Å². The van der Waals surface area contributed by atoms with Crippen LogP contribution in [-0.4, -0.2) is 35.8 Å². The highest BCUT2D eigenvalue weighted by molar-refractivity contribution is 6.30. The molecule has 6 nitrogen and oxygen atoms in total. The van der Waals surface area contributed by atoms with Crippen molar-refractivity contribution in [2.45, 2.75) is 45.4 Å². The largest absolute Gasteiger partial charge is 0.504 e. The maximum absolute atomic E-state index is 13.6. The Morgan fingerprint density at radius 1 is 1.06 bits per heavy atom. The molecule has 0 spiro atoms. The number of benzene rings is 2. The van der Waals surface area contributed by atoms with Gasteiger partial charge in [0.1, 0.15) is 5.78 Å². The zero-order valence-corrected chi connectivity index (χ0v) is 20.3. The summed E-state index contributed by atoms with van der Waals surface area (Å²) in [5.41, 5.74) is 3.43. The molecule has 0 aromatic heterocycles. The second-order valence-corrected chi connectivity index (χ2v) is 9.00. The number of aliphatic imine (C=N–C) groups is 1. The van der Waals surface area contributed by atoms with Gasteiger partial charge in [-0.2, -0.15) is 0 Å². The number of aromatic hydroxyl groups is 1. The van der Waals surface area contributed by atoms with Crippen molar-refractivity contribution >= 4 is 29.1 Å². The molecule has 1 heterocycles. The zero-order valence-electron chi connectivity index (χ0n) is 19.5. The van der Waals surface area contributed by atoms with Gasteiger partial charge in [0.05, 0.1) is 24.7 Å². The average molecular weight is 482 g/mol. The zero-order chi connectivity index (χ0) is 24.4. The van der Waals surface area contributed by atoms with Crippen molar-refractivity contribution in [2.24, 2.45) is 10.9 Å². The lowest BCUT2D eigenvalue weighted by molar-refractivity contribution is -0.139. The highest BCUT2D eigenvalue weighted by atomic mass is 35.5. The second-order valence-electron chi connectivity index (χ2n) is 8.56. The van der Waals surface area contributed by atoms with Gasteiger partial charge in [-0.1, -0.05) is 29.8 Å². The number of ketones is 1. The van der Waals surface area contributed by atoms with E-state index in [1.165, 1.54) is 6.07 Å². The van der Waals surface area contributed by atoms with Gasteiger partial charge in [0.25, 0.3) is 0 Å². The summed E-state index contributed by atoms with van der Waals surface area (Å²) >= 11 is 6.05. The van der Waals surface area contributed by atoms with Crippen LogP contribution in [0, 0.1) is 5.92 Å². The van der Waals surface area contributed by atoms with E-state index in [0.717, 1.165) is 11.3 Å². The number of phenols is 1. The molecule has 1 aliphatic heterocycles. The number of carbonyl (C=O) groups is 2. The first-order chi connectivity index (χ1) is 16.3. The van der Waals surface area contributed by atoms with Crippen LogP contribution in [0.2, 0.25) is 5.02 Å². The van der Waals surface area contributed by atoms with Crippen molar-refractivity contribution < 1.29 is 24.2 Å². The number of fused-ring (bicyclic) bond motifs is 1. The molecule has 1 aliphatic carbocycles. The quantitative estimate of drug-likeness (QED) is 0.544. The molecule has 1 fully saturated rings. The summed E-state index contributed by atoms with van der Waals surface area (Å²) in [6.07, 6.45) is 0.950. The van der Waals surface area contributed by atoms with Crippen LogP contribution in [0.25, 0.3) is 0 Å². The molecular weight excluding hydrogens is 454 g/mol. The second kappa shape index (κ2) is 10.0. The van der Waals surface area contributed by atoms with E-state index in [4.69, 9.17) is 26.1 Å². The number of hydrogen-bond acceptors (Lipinski definition) is 6. The Morgan fingerprint density at radius 3 is 2.44 bits per heavy atom. The fraction of sp³-hybridized carbons (Fsp3) is 0.370. The summed E-state index contributed by atoms with van der Waals surface area (Å²) < 4.78 is 10.9. The van der Waals surface area contributed by atoms with E-state index >= 15 is 0 Å². The van der Waals surface area contributed by atoms with Crippen molar-refractivity contribution in [1.29, 1.82) is 0 Å². The number of phenolic OH excluding ortho intramolecular Hbond substituents is 1. The third kappa shape index (κ3) is 4.60. The van der Waals surface area contributed by atoms with E-state index in [1.54, 1.807) is 26.0 Å². The fourth-order valence-corrected chi connectivity index (χ4v) is 5.10. The minimum absolute atomic E-state index is 0.00355. The first-order valence-corrected chi connectivity index (χ1v) is 11.9. The molecule has 4 rings (SSSR count). The number of carbonyl (C=O) groups excluding carboxylic acids is 2. The molecule has 1 unspecified atom stereocenters. The van der Waals surface area contributed by atoms with Crippen molar-refractivity contribution in [2.75, 3.05) is 13.2 Å². The van der Waals surface area contributed by atoms with Crippen LogP contribution < -0.4 is 4.74 Å². The SMILES string of the molecule is CCOC(=O)C1=C(C)N=C2C[C@@H](c3ccc(Cl)cc3)CC(=O)C2[C@@H]1c1ccc(O)c(OCC)c1. The Hall–Kier alpha value is -3.12. The monoisotopic (exact) mass is 481 g/mol. The summed E-state index contributed by atoms with van der Waals surface area (Å²) in [5.74, 6) is -1.28. The van der Waals surface area contributed by atoms with Crippen LogP contribution in [0.1, 0.15) is 56.6 Å². The van der Waals surface area contributed by atoms with Crippen LogP contribution >= 0.6 is 11.6 Å². The Kier molecular flexibility index (Phi) is 7.08. The number of hydrogen-bond donors (Lipinski definition) is 1. The number of halogens is 1. The van der Waals surface area contributed by atoms with Gasteiger partial charge < -0.3 is 14.6 Å². The number of Topliss-reactive ketones (excluding diaryl/α,β-unsaturated/α-hetero) is 1. The number of nitrogens with zero attached hydrogens (tertiary/aromatic N) is 1. The number of ether oxygens (including phenoxy) is 2. The van der Waals surface area contributed by atoms with Crippen molar-refractivity contribution in [3.8, 4) is 11.5 Å². The number of rotatable bonds is 6. The maximum atomic E-state index is 13.6. The van der Waals surface area contributed by atoms with Gasteiger partial charge in [0, 0.05) is 28.8 Å². The standard InChI is InChI=1S/C27H28ClNO5/c1-4-33-23-14-17(8-11-21(23)30)25-24(27(32)34-5-2)15(3)29-20-12-18(13-22(31)26(20)25)16-6-9-19(28)10-7-16/h6-11,14,18,25-26,30H,4-5,12-13H2,1-3H3/t18-,25-,26?/m1/s1. The lowest BCUT2D eigenvalue weighted by Crippen LogP contribution is -2.41. The number of allylic oxidation sites excluding steroid dienone is 1. The lowest BCUT2D eigenvalue weighted by atomic mass is 9.66. The van der Waals surface area contributed by atoms with E-state index in [9.17, 15) is 14.7 Å². The first-order valence-electron chi connectivity index (χ1n) is 11.5. The molecule has 7 heteroatoms. The Labute approximate surface area is 204 Å². The third-order valence-electron chi connectivity index (χ3n) is 6.43. The predicted molar refractivity (Wildman–Crippen MR) is 131 cm³/mol. The van der Waals surface area contributed by atoms with Gasteiger partial charge in [-0.15, -0.1) is 0 Å². The van der Waals surface area contributed by atoms with Crippen molar-refractivity contribution in [1.82, 2.24) is 0 Å². The normalized spacial score (nSPS) is 22.2. The lowest BCUT2D eigenvalue weighted by Gasteiger charge is -2.38. The summed E-state index contributed by atoms with van der Waals surface area (Å²) in [4.78, 5) is 31.4. The predicted octanol–water partition coefficient (Wildman–Crippen LogP) is 5.58. The van der Waals surface area contributed by atoms with Gasteiger partial charge in [-0.05, 0) is 68.5 Å². The van der Waals surface area contributed by atoms with E-state index in [1.807, 2.05) is 31.2 Å². The van der Waals surface area contributed by atoms with E-state index in [2.05, 4.69) is 0 Å². The summed E-state index contributed by atoms with van der Waals surface area (Å²) in [7, 11) is 0. The highest BCUT2D eigenvalue weighted by Gasteiger charge is 2.46. The molecule has 3 atom stereocenters. The van der Waals surface area contributed by atoms with Crippen molar-refractivity contribution in [3.05, 3.63) is 69.9 Å². The molecule has 0 bridgehead atoms. The minimum atomic E-state index is -0.578. The third-order valence-corrected chi connectivity index (χ3v) is 6.69. The fourth-order valence-electron chi connectivity index (χ4n) is 4.98. The molecule has 0 saturated heterocycles. The Balaban J connectivity index is 1.80. The molecule has 0 amide bonds. The molecule has 2 aliphatic rings. The molecule has 2 aromatic rings. The first kappa shape index (κ1) is 24.0. The smallest absolute Gasteiger partial charge is 0.336 e. The molecule has 178 valence electrons. The molecule has 0 radical (unpaired) electrons. The molecular formula is C27H28ClNO5. The minimum Gasteiger partial charge on any atom is -0.504 e. The summed E-state index contributed by atoms with van der Waals surface area (Å²) in [6, 6.07) is 12.5. The van der Waals surface area contributed by atoms with E-state index < -0.39 is 17.8 Å². The molecule has 2 aromatic carbocycles. The highest BCUT2D eigenvalue weighted by Crippen LogP contribution is 2.47. The molecule has 34 heavy (non-hydrogen) atoms. The van der Waals surface area contributed by atoms with Crippen LogP contribution in [0.15, 0.2) is 58.7 Å². The van der Waals surface area contributed by atoms with Crippen LogP contribution in [0.5, 0.6) is 11.5 Å². The van der Waals surface area contributed by atoms with Crippen molar-refractivity contribution in [3.63, 3.8) is 0 Å². The van der Waals surface area contributed by atoms with Gasteiger partial charge in [0.15, 0.2) is 11.5 Å². The summed E-state index contributed by atoms with van der Waals surface area (Å²) in [6.45, 7) is 5.95. The maximum Gasteiger partial charge on any atom is 0.336 e. The summed E-state index contributed by atoms with van der Waals surface area (Å²) in [5, 5.41) is 10.9. The topological polar surface area (TPSA) is 85.2 Å². The van der Waals surface area contributed by atoms with E-state index in [-0.39, 0.29) is 24.1 Å². The van der Waals surface area contributed by atoms with Gasteiger partial charge >= 0.3 is 5.97 Å². The van der Waals surface area contributed by atoms with Gasteiger partial charge in [0.2, 0.25) is 0 Å². The van der Waals surface area contributed by atoms with Crippen LogP contribution in [0.4, 0.5) is 0 Å². The Bertz CT molecular complexity index is 1170. The van der Waals surface area contributed by atoms with Crippen LogP contribution in [0.3, 0.4) is 0 Å². The molecule has 1 N–H and O–H groups in total.